The summed E-state index contributed by atoms with van der Waals surface area (Å²) in [7, 11) is -1.26. The molecule has 0 radical (unpaired) electrons. The van der Waals surface area contributed by atoms with Gasteiger partial charge in [-0.3, -0.25) is 4.79 Å². The van der Waals surface area contributed by atoms with E-state index in [2.05, 4.69) is 0 Å². The van der Waals surface area contributed by atoms with Gasteiger partial charge in [-0.15, -0.1) is 0 Å². The number of ether oxygens (including phenoxy) is 2. The zero-order valence-corrected chi connectivity index (χ0v) is 12.4. The minimum Gasteiger partial charge on any atom is -0.493 e. The van der Waals surface area contributed by atoms with Gasteiger partial charge in [-0.2, -0.15) is 0 Å². The van der Waals surface area contributed by atoms with Crippen molar-refractivity contribution in [2.24, 2.45) is 0 Å². The highest BCUT2D eigenvalue weighted by Crippen LogP contribution is 2.64. The quantitative estimate of drug-likeness (QED) is 0.881. The first-order valence-electron chi connectivity index (χ1n) is 12.0. The number of ketones is 1. The Morgan fingerprint density at radius 3 is 3.35 bits per heavy atom. The lowest BCUT2D eigenvalue weighted by molar-refractivity contribution is -0.185. The molecule has 1 aromatic carbocycles. The van der Waals surface area contributed by atoms with Crippen molar-refractivity contribution in [2.45, 2.75) is 48.7 Å². The van der Waals surface area contributed by atoms with E-state index in [-0.39, 0.29) is 35.6 Å². The molecule has 0 aromatic heterocycles. The summed E-state index contributed by atoms with van der Waals surface area (Å²) in [6.45, 7) is 0.221. The number of piperidine rings is 1. The molecule has 23 heavy (non-hydrogen) atoms. The number of rotatable bonds is 2. The molecule has 5 heteroatoms. The van der Waals surface area contributed by atoms with Crippen molar-refractivity contribution < 1.29 is 30.3 Å². The van der Waals surface area contributed by atoms with Crippen LogP contribution < -0.4 is 9.47 Å². The van der Waals surface area contributed by atoms with Crippen LogP contribution in [0.4, 0.5) is 0 Å². The Bertz CT molecular complexity index is 1050. The third kappa shape index (κ3) is 1.32. The van der Waals surface area contributed by atoms with Gasteiger partial charge in [0.15, 0.2) is 23.4 Å². The van der Waals surface area contributed by atoms with Gasteiger partial charge in [-0.1, -0.05) is 6.07 Å². The smallest absolute Gasteiger partial charge is 0.211 e. The summed E-state index contributed by atoms with van der Waals surface area (Å²) in [5.41, 5.74) is -3.55. The monoisotopic (exact) mass is 324 g/mol. The number of carbonyl (C=O) groups is 1. The molecule has 122 valence electrons. The third-order valence-corrected chi connectivity index (χ3v) is 5.70. The fourth-order valence-corrected chi connectivity index (χ4v) is 4.66. The second-order valence-corrected chi connectivity index (χ2v) is 6.60. The molecule has 1 spiro atoms. The molecule has 2 fully saturated rings. The fourth-order valence-electron chi connectivity index (χ4n) is 4.66. The number of carbonyl (C=O) groups excluding carboxylic acids is 1. The number of hydrogen-bond donors (Lipinski definition) is 1. The molecule has 1 aromatic rings. The predicted molar refractivity (Wildman–Crippen MR) is 83.0 cm³/mol. The van der Waals surface area contributed by atoms with Crippen LogP contribution in [0.1, 0.15) is 41.3 Å². The minimum atomic E-state index is -2.89. The van der Waals surface area contributed by atoms with E-state index in [1.807, 2.05) is 0 Å². The van der Waals surface area contributed by atoms with Gasteiger partial charge in [0, 0.05) is 23.5 Å². The summed E-state index contributed by atoms with van der Waals surface area (Å²) in [4.78, 5) is 15.0. The van der Waals surface area contributed by atoms with Crippen molar-refractivity contribution in [2.75, 3.05) is 20.6 Å². The number of likely N-dealkylation sites (tertiary alicyclic amines) is 1. The summed E-state index contributed by atoms with van der Waals surface area (Å²) >= 11 is 0. The van der Waals surface area contributed by atoms with Gasteiger partial charge in [0.05, 0.1) is 23.5 Å². The van der Waals surface area contributed by atoms with Crippen molar-refractivity contribution in [1.29, 1.82) is 1.43 Å². The zero-order chi connectivity index (χ0) is 23.7. The van der Waals surface area contributed by atoms with E-state index in [0.29, 0.717) is 0 Å². The normalized spacial score (nSPS) is 54.4. The Morgan fingerprint density at radius 2 is 2.52 bits per heavy atom. The molecule has 1 saturated heterocycles. The second-order valence-electron chi connectivity index (χ2n) is 6.60. The maximum absolute atomic E-state index is 13.3. The van der Waals surface area contributed by atoms with Crippen LogP contribution in [0, 0.1) is 0 Å². The van der Waals surface area contributed by atoms with Crippen LogP contribution in [-0.4, -0.2) is 55.6 Å². The van der Waals surface area contributed by atoms with E-state index in [1.54, 1.807) is 11.9 Å². The van der Waals surface area contributed by atoms with Crippen LogP contribution >= 0.6 is 0 Å². The van der Waals surface area contributed by atoms with E-state index < -0.39 is 55.1 Å². The van der Waals surface area contributed by atoms with E-state index in [4.69, 9.17) is 27.0 Å². The van der Waals surface area contributed by atoms with Crippen LogP contribution in [0.25, 0.3) is 0 Å². The first kappa shape index (κ1) is 7.53. The van der Waals surface area contributed by atoms with Crippen LogP contribution in [0.15, 0.2) is 12.1 Å². The van der Waals surface area contributed by atoms with Gasteiger partial charge in [0.1, 0.15) is 0 Å². The Hall–Kier alpha value is -1.59. The van der Waals surface area contributed by atoms with Gasteiger partial charge in [-0.05, 0) is 44.4 Å². The van der Waals surface area contributed by atoms with Crippen LogP contribution in [0.2, 0.25) is 0 Å². The molecule has 5 rings (SSSR count). The number of likely N-dealkylation sites (N-methyl/N-ethyl adjacent to an activating group) is 1. The highest BCUT2D eigenvalue weighted by Gasteiger charge is 2.72. The van der Waals surface area contributed by atoms with E-state index in [9.17, 15) is 4.79 Å². The summed E-state index contributed by atoms with van der Waals surface area (Å²) in [6, 6.07) is 1.37. The van der Waals surface area contributed by atoms with Crippen molar-refractivity contribution in [3.05, 3.63) is 23.3 Å². The molecule has 1 N–H and O–H groups in total. The number of methoxy groups -OCH3 is 1. The second kappa shape index (κ2) is 4.08. The first-order chi connectivity index (χ1) is 14.6. The van der Waals surface area contributed by atoms with Crippen molar-refractivity contribution in [3.8, 4) is 11.5 Å². The summed E-state index contributed by atoms with van der Waals surface area (Å²) in [5.74, 6) is -1.77. The number of nitrogens with zero attached hydrogens (tertiary/aromatic N) is 1. The summed E-state index contributed by atoms with van der Waals surface area (Å²) < 4.78 is 85.0. The molecule has 4 atom stereocenters. The highest BCUT2D eigenvalue weighted by molar-refractivity contribution is 5.90. The van der Waals surface area contributed by atoms with Gasteiger partial charge in [-0.25, -0.2) is 0 Å². The molecule has 1 unspecified atom stereocenters. The molecule has 4 aliphatic rings. The topological polar surface area (TPSA) is 59.0 Å². The third-order valence-electron chi connectivity index (χ3n) is 5.70. The van der Waals surface area contributed by atoms with Gasteiger partial charge in [0.25, 0.3) is 0 Å². The maximum atomic E-state index is 13.3. The molecule has 2 bridgehead atoms. The van der Waals surface area contributed by atoms with Crippen molar-refractivity contribution in [1.82, 2.24) is 4.90 Å². The number of Topliss-reactive ketones (excluding diaryl/α,β-unsaturated/α-hetero) is 1. The van der Waals surface area contributed by atoms with Gasteiger partial charge < -0.3 is 19.5 Å². The van der Waals surface area contributed by atoms with E-state index in [0.717, 1.165) is 0 Å². The average molecular weight is 324 g/mol. The molecule has 5 nitrogen and oxygen atoms in total. The first-order valence-corrected chi connectivity index (χ1v) is 7.55. The lowest BCUT2D eigenvalue weighted by atomic mass is 9.49. The maximum Gasteiger partial charge on any atom is 0.211 e. The molecule has 2 aliphatic carbocycles. The Morgan fingerprint density at radius 1 is 1.61 bits per heavy atom. The predicted octanol–water partition coefficient (Wildman–Crippen LogP) is 1.05. The molecule has 2 aliphatic heterocycles. The Labute approximate surface area is 147 Å². The standard InChI is InChI=1S/C18H21NO4/c1-19-8-7-17-14-10-3-4-12(22-2)15(14)23-16(17)11(20)5-6-18(17,21)13(19)9-10/h3-4,13,16,21H,5-9H2,1-2H3/t13-,16?,17+,18-/m1/s1/i2D3,5D2,9D2,16D,21D. The van der Waals surface area contributed by atoms with Crippen LogP contribution in [0.5, 0.6) is 11.5 Å². The van der Waals surface area contributed by atoms with Crippen LogP contribution in [-0.2, 0) is 16.6 Å². The molecule has 1 saturated carbocycles. The van der Waals surface area contributed by atoms with E-state index >= 15 is 0 Å². The molecular formula is C18H21NO4. The number of hydrogen-bond acceptors (Lipinski definition) is 5. The lowest BCUT2D eigenvalue weighted by Crippen LogP contribution is -2.76. The number of aliphatic hydroxyl groups is 1. The summed E-state index contributed by atoms with van der Waals surface area (Å²) in [5, 5.41) is 5.22. The van der Waals surface area contributed by atoms with Crippen molar-refractivity contribution in [3.63, 3.8) is 0 Å². The number of benzene rings is 1. The molecule has 2 heterocycles. The van der Waals surface area contributed by atoms with Gasteiger partial charge in [0.2, 0.25) is 1.43 Å². The summed E-state index contributed by atoms with van der Waals surface area (Å²) in [6.07, 6.45) is -8.06. The SMILES string of the molecule is [2H]O[C@@]12CC([2H])([2H])C(=O)C3([2H])Oc4c(OC([2H])([2H])[2H])ccc5c4[C@@]31CCN(C)[C@@H]2C5([2H])[2H]. The largest absolute Gasteiger partial charge is 0.493 e. The van der Waals surface area contributed by atoms with Gasteiger partial charge >= 0.3 is 0 Å². The molecular weight excluding hydrogens is 294 g/mol. The van der Waals surface area contributed by atoms with E-state index in [1.165, 1.54) is 12.1 Å². The average Bonchev–Trinajstić information content (AvgIpc) is 2.93. The Kier molecular flexibility index (Phi) is 1.34. The Balaban J connectivity index is 1.93. The van der Waals surface area contributed by atoms with Crippen LogP contribution in [0.3, 0.4) is 0 Å². The molecule has 0 amide bonds. The minimum absolute atomic E-state index is 0.0392. The lowest BCUT2D eigenvalue weighted by Gasteiger charge is -2.62. The fraction of sp³-hybridized carbons (Fsp3) is 0.611. The van der Waals surface area contributed by atoms with Crippen molar-refractivity contribution >= 4 is 5.78 Å². The highest BCUT2D eigenvalue weighted by atomic mass is 16.5. The zero-order valence-electron chi connectivity index (χ0n) is 21.4.